The Bertz CT molecular complexity index is 2950. The molecule has 2 saturated heterocycles. The molecule has 1 aliphatic carbocycles. The standard InChI is InChI=1S/C29H31N3O6S.C21H18F3N3O3S.C6H12.C3H8/c1-18-28(39-17-30-18)20-7-6-19(26(12-20)38-11-10-33)8-9-25(35)24-13-22(34)15-32(24)27(36)16-31-14-21-4-2-3-5-23(21)29(31)37;1-20(2)18(29)26(15-4-3-13(12-25)17(11-15)21(22,23)24)19(31)27(20)14-5-7-16(8-6-14)30-10-9-28;1-2-4-6-5-3-1;1-3-2/h2-7,12,17,22,24,33-34H,8-11,13-16H2,1H3;3-8,11,28H,9-10H2,1-2H3;1-6H2;3H2,1-2H3/t22-,24?;;;/m0.../s1. The molecule has 422 valence electrons. The van der Waals surface area contributed by atoms with Gasteiger partial charge in [-0.05, 0) is 111 Å². The zero-order valence-corrected chi connectivity index (χ0v) is 46.9. The number of ether oxygens (including phenoxy) is 2. The van der Waals surface area contributed by atoms with Crippen LogP contribution in [0.2, 0.25) is 0 Å². The topological polar surface area (TPSA) is 197 Å². The molecule has 3 amide bonds. The lowest BCUT2D eigenvalue weighted by molar-refractivity contribution is -0.138. The number of rotatable bonds is 15. The zero-order valence-electron chi connectivity index (χ0n) is 45.3. The van der Waals surface area contributed by atoms with Crippen molar-refractivity contribution in [2.75, 3.05) is 49.3 Å². The predicted molar refractivity (Wildman–Crippen MR) is 301 cm³/mol. The third-order valence-electron chi connectivity index (χ3n) is 13.6. The number of aliphatic hydroxyl groups is 3. The summed E-state index contributed by atoms with van der Waals surface area (Å²) in [5.41, 5.74) is 3.58. The molecule has 79 heavy (non-hydrogen) atoms. The van der Waals surface area contributed by atoms with Gasteiger partial charge in [-0.1, -0.05) is 89.1 Å². The number of anilines is 2. The van der Waals surface area contributed by atoms with Crippen molar-refractivity contribution in [1.29, 1.82) is 5.26 Å². The van der Waals surface area contributed by atoms with E-state index in [1.807, 2.05) is 37.3 Å². The molecule has 3 fully saturated rings. The highest BCUT2D eigenvalue weighted by Gasteiger charge is 2.51. The minimum absolute atomic E-state index is 0.0110. The molecule has 5 aromatic rings. The number of Topliss-reactive ketones (excluding diaryl/α,β-unsaturated/α-hetero) is 1. The van der Waals surface area contributed by atoms with Gasteiger partial charge >= 0.3 is 6.18 Å². The van der Waals surface area contributed by atoms with E-state index in [-0.39, 0.29) is 80.8 Å². The van der Waals surface area contributed by atoms with Crippen LogP contribution in [0.1, 0.15) is 124 Å². The average molecular weight is 1130 g/mol. The molecule has 4 aromatic carbocycles. The van der Waals surface area contributed by atoms with Crippen molar-refractivity contribution in [3.05, 3.63) is 124 Å². The van der Waals surface area contributed by atoms with Gasteiger partial charge in [-0.25, -0.2) is 4.98 Å². The van der Waals surface area contributed by atoms with E-state index in [2.05, 4.69) is 18.8 Å². The second-order valence-electron chi connectivity index (χ2n) is 19.9. The minimum Gasteiger partial charge on any atom is -0.491 e. The Morgan fingerprint density at radius 1 is 0.899 bits per heavy atom. The van der Waals surface area contributed by atoms with Gasteiger partial charge in [0.25, 0.3) is 11.8 Å². The quantitative estimate of drug-likeness (QED) is 0.0839. The maximum Gasteiger partial charge on any atom is 0.417 e. The number of fused-ring (bicyclic) bond motifs is 1. The van der Waals surface area contributed by atoms with Gasteiger partial charge in [0.05, 0.1) is 64.3 Å². The average Bonchev–Trinajstić information content (AvgIpc) is 4.32. The van der Waals surface area contributed by atoms with Crippen LogP contribution in [0.4, 0.5) is 24.5 Å². The number of thiazole rings is 1. The van der Waals surface area contributed by atoms with Crippen molar-refractivity contribution in [2.24, 2.45) is 0 Å². The minimum atomic E-state index is -4.76. The largest absolute Gasteiger partial charge is 0.491 e. The van der Waals surface area contributed by atoms with Crippen LogP contribution in [0.25, 0.3) is 10.4 Å². The Morgan fingerprint density at radius 3 is 2.13 bits per heavy atom. The number of carbonyl (C=O) groups excluding carboxylic acids is 4. The summed E-state index contributed by atoms with van der Waals surface area (Å²) < 4.78 is 51.3. The van der Waals surface area contributed by atoms with Gasteiger partial charge in [-0.2, -0.15) is 18.4 Å². The summed E-state index contributed by atoms with van der Waals surface area (Å²) in [4.78, 5) is 63.2. The second-order valence-corrected chi connectivity index (χ2v) is 21.2. The van der Waals surface area contributed by atoms with Crippen molar-refractivity contribution in [3.63, 3.8) is 0 Å². The van der Waals surface area contributed by atoms with E-state index in [0.29, 0.717) is 35.7 Å². The molecule has 0 spiro atoms. The summed E-state index contributed by atoms with van der Waals surface area (Å²) in [7, 11) is 0. The Labute approximate surface area is 469 Å². The maximum absolute atomic E-state index is 13.4. The van der Waals surface area contributed by atoms with Crippen LogP contribution >= 0.6 is 23.6 Å². The summed E-state index contributed by atoms with van der Waals surface area (Å²) in [5, 5.41) is 37.5. The third kappa shape index (κ3) is 15.3. The molecule has 4 heterocycles. The lowest BCUT2D eigenvalue weighted by Gasteiger charge is -2.29. The zero-order chi connectivity index (χ0) is 57.4. The van der Waals surface area contributed by atoms with Gasteiger partial charge in [0.1, 0.15) is 36.8 Å². The number of benzene rings is 4. The fourth-order valence-corrected chi connectivity index (χ4v) is 11.0. The summed E-state index contributed by atoms with van der Waals surface area (Å²) >= 11 is 7.00. The first kappa shape index (κ1) is 61.5. The van der Waals surface area contributed by atoms with E-state index >= 15 is 0 Å². The molecule has 9 rings (SSSR count). The molecule has 20 heteroatoms. The van der Waals surface area contributed by atoms with E-state index in [1.54, 1.807) is 60.7 Å². The predicted octanol–water partition coefficient (Wildman–Crippen LogP) is 10.2. The summed E-state index contributed by atoms with van der Waals surface area (Å²) in [6.07, 6.45) is 5.42. The Hall–Kier alpha value is -6.76. The highest BCUT2D eigenvalue weighted by molar-refractivity contribution is 7.81. The third-order valence-corrected chi connectivity index (χ3v) is 14.9. The molecule has 1 saturated carbocycles. The van der Waals surface area contributed by atoms with Crippen molar-refractivity contribution in [1.82, 2.24) is 14.8 Å². The molecule has 15 nitrogen and oxygen atoms in total. The van der Waals surface area contributed by atoms with Crippen LogP contribution in [-0.2, 0) is 33.5 Å². The number of nitriles is 1. The van der Waals surface area contributed by atoms with Gasteiger partial charge in [0, 0.05) is 37.2 Å². The lowest BCUT2D eigenvalue weighted by Crippen LogP contribution is -2.46. The first-order valence-corrected chi connectivity index (χ1v) is 27.9. The monoisotopic (exact) mass is 1130 g/mol. The fourth-order valence-electron chi connectivity index (χ4n) is 9.66. The van der Waals surface area contributed by atoms with Gasteiger partial charge in [0.15, 0.2) is 10.9 Å². The Kier molecular flexibility index (Phi) is 22.1. The number of amides is 3. The van der Waals surface area contributed by atoms with Crippen LogP contribution < -0.4 is 19.3 Å². The highest BCUT2D eigenvalue weighted by atomic mass is 32.1. The van der Waals surface area contributed by atoms with E-state index in [0.717, 1.165) is 44.3 Å². The van der Waals surface area contributed by atoms with E-state index in [1.165, 1.54) is 78.2 Å². The molecule has 0 radical (unpaired) electrons. The lowest BCUT2D eigenvalue weighted by atomic mass is 9.99. The number of likely N-dealkylation sites (tertiary alicyclic amines) is 1. The number of aliphatic hydroxyl groups excluding tert-OH is 3. The number of nitrogens with zero attached hydrogens (tertiary/aromatic N) is 6. The number of halogens is 3. The first-order chi connectivity index (χ1) is 37.8. The number of thiocarbonyl (C=S) groups is 1. The van der Waals surface area contributed by atoms with Gasteiger partial charge in [-0.15, -0.1) is 11.3 Å². The molecule has 3 aliphatic heterocycles. The summed E-state index contributed by atoms with van der Waals surface area (Å²) in [5.74, 6) is -0.0990. The number of hydrogen-bond acceptors (Lipinski definition) is 13. The smallest absolute Gasteiger partial charge is 0.417 e. The number of carbonyl (C=O) groups is 4. The van der Waals surface area contributed by atoms with Crippen LogP contribution in [0, 0.1) is 18.3 Å². The van der Waals surface area contributed by atoms with Crippen molar-refractivity contribution in [2.45, 2.75) is 129 Å². The molecule has 1 aromatic heterocycles. The molecular formula is C59H69F3N6O9S2. The number of hydrogen-bond donors (Lipinski definition) is 3. The number of ketones is 1. The van der Waals surface area contributed by atoms with Crippen molar-refractivity contribution >= 4 is 63.5 Å². The van der Waals surface area contributed by atoms with Crippen molar-refractivity contribution < 1.29 is 57.1 Å². The van der Waals surface area contributed by atoms with Crippen LogP contribution in [0.15, 0.2) is 90.4 Å². The molecule has 0 bridgehead atoms. The molecule has 3 N–H and O–H groups in total. The highest BCUT2D eigenvalue weighted by Crippen LogP contribution is 2.40. The number of β-amino-alcohol motifs (C(OH)–C–C–N with tert-alkyl or cyclic N) is 1. The van der Waals surface area contributed by atoms with E-state index in [9.17, 15) is 42.6 Å². The van der Waals surface area contributed by atoms with Gasteiger partial charge in [0.2, 0.25) is 5.91 Å². The SMILES string of the molecule is C1CCCCC1.CC1(C)C(=O)N(c2ccc(C#N)c(C(F)(F)F)c2)C(=S)N1c1ccc(OCCO)cc1.CCC.Cc1ncsc1-c1ccc(CCC(=O)C2C[C@H](O)CN2C(=O)CN2Cc3ccccc3C2=O)c(OCCO)c1. The van der Waals surface area contributed by atoms with E-state index < -0.39 is 40.9 Å². The molecule has 4 aliphatic rings. The number of aromatic nitrogens is 1. The van der Waals surface area contributed by atoms with Crippen LogP contribution in [0.5, 0.6) is 11.5 Å². The van der Waals surface area contributed by atoms with Crippen molar-refractivity contribution in [3.8, 4) is 28.0 Å². The van der Waals surface area contributed by atoms with Crippen LogP contribution in [0.3, 0.4) is 0 Å². The second kappa shape index (κ2) is 28.4. The Balaban J connectivity index is 0.000000225. The molecule has 1 unspecified atom stereocenters. The first-order valence-electron chi connectivity index (χ1n) is 26.6. The molecular weight excluding hydrogens is 1060 g/mol. The number of alkyl halides is 3. The normalized spacial score (nSPS) is 17.4. The number of aryl methyl sites for hydroxylation is 2. The maximum atomic E-state index is 13.4. The van der Waals surface area contributed by atoms with Gasteiger partial charge < -0.3 is 39.5 Å². The fraction of sp³-hybridized carbons (Fsp3) is 0.441. The Morgan fingerprint density at radius 2 is 1.53 bits per heavy atom. The summed E-state index contributed by atoms with van der Waals surface area (Å²) in [6.45, 7) is 9.68. The van der Waals surface area contributed by atoms with Crippen LogP contribution in [-0.4, -0.2) is 116 Å². The summed E-state index contributed by atoms with van der Waals surface area (Å²) in [6, 6.07) is 23.5. The van der Waals surface area contributed by atoms with Gasteiger partial charge in [-0.3, -0.25) is 24.1 Å². The molecule has 2 atom stereocenters. The van der Waals surface area contributed by atoms with E-state index in [4.69, 9.17) is 32.1 Å².